The smallest absolute Gasteiger partial charge is 0.877 e. The molecule has 0 radical (unpaired) electrons. The first-order valence-corrected chi connectivity index (χ1v) is 14.6. The van der Waals surface area contributed by atoms with Crippen LogP contribution in [0, 0.1) is 11.8 Å². The Morgan fingerprint density at radius 2 is 1.65 bits per heavy atom. The van der Waals surface area contributed by atoms with Crippen LogP contribution in [0.2, 0.25) is 0 Å². The van der Waals surface area contributed by atoms with E-state index in [2.05, 4.69) is 16.9 Å². The molecule has 0 aromatic heterocycles. The van der Waals surface area contributed by atoms with Crippen LogP contribution >= 0.6 is 0 Å². The summed E-state index contributed by atoms with van der Waals surface area (Å²) in [4.78, 5) is 50.5. The van der Waals surface area contributed by atoms with E-state index in [1.54, 1.807) is 31.2 Å². The van der Waals surface area contributed by atoms with Crippen molar-refractivity contribution >= 4 is 35.0 Å². The molecule has 2 atom stereocenters. The van der Waals surface area contributed by atoms with Crippen LogP contribution in [0.3, 0.4) is 0 Å². The van der Waals surface area contributed by atoms with Gasteiger partial charge in [-0.1, -0.05) is 26.5 Å². The van der Waals surface area contributed by atoms with Crippen LogP contribution in [0.5, 0.6) is 0 Å². The average Bonchev–Trinajstić information content (AvgIpc) is 3.67. The number of hydrogen-bond acceptors (Lipinski definition) is 10. The fourth-order valence-corrected chi connectivity index (χ4v) is 6.40. The van der Waals surface area contributed by atoms with E-state index in [-0.39, 0.29) is 136 Å². The molecule has 0 aromatic carbocycles. The van der Waals surface area contributed by atoms with Gasteiger partial charge in [0.05, 0.1) is 39.8 Å². The van der Waals surface area contributed by atoms with Crippen molar-refractivity contribution in [3.8, 4) is 0 Å². The Labute approximate surface area is 345 Å². The molecule has 14 heteroatoms. The van der Waals surface area contributed by atoms with Crippen molar-refractivity contribution in [2.24, 2.45) is 26.8 Å². The molecule has 2 unspecified atom stereocenters. The van der Waals surface area contributed by atoms with Crippen molar-refractivity contribution in [3.05, 3.63) is 105 Å². The Bertz CT molecular complexity index is 1830. The zero-order chi connectivity index (χ0) is 32.7. The van der Waals surface area contributed by atoms with Crippen LogP contribution in [0.15, 0.2) is 120 Å². The maximum Gasteiger partial charge on any atom is 1.00 e. The Morgan fingerprint density at radius 1 is 0.958 bits per heavy atom. The monoisotopic (exact) mass is 676 g/mol. The van der Waals surface area contributed by atoms with E-state index in [0.29, 0.717) is 51.8 Å². The second-order valence-electron chi connectivity index (χ2n) is 11.3. The summed E-state index contributed by atoms with van der Waals surface area (Å²) < 4.78 is 0. The van der Waals surface area contributed by atoms with E-state index in [1.807, 2.05) is 20.8 Å². The average molecular weight is 677 g/mol. The second-order valence-corrected chi connectivity index (χ2v) is 11.3. The second kappa shape index (κ2) is 17.1. The summed E-state index contributed by atoms with van der Waals surface area (Å²) in [7, 11) is 0. The largest absolute Gasteiger partial charge is 1.00 e. The van der Waals surface area contributed by atoms with E-state index < -0.39 is 30.2 Å². The van der Waals surface area contributed by atoms with Gasteiger partial charge in [-0.25, -0.2) is 19.8 Å². The van der Waals surface area contributed by atoms with Gasteiger partial charge in [-0.15, -0.1) is 6.26 Å². The van der Waals surface area contributed by atoms with Gasteiger partial charge in [0.1, 0.15) is 0 Å². The topological polar surface area (TPSA) is 190 Å². The number of allylic oxidation sites excluding steroid dienone is 10. The molecule has 1 fully saturated rings. The molecule has 5 rings (SSSR count). The van der Waals surface area contributed by atoms with Gasteiger partial charge < -0.3 is 35.3 Å². The van der Waals surface area contributed by atoms with E-state index in [9.17, 15) is 34.8 Å². The van der Waals surface area contributed by atoms with Crippen molar-refractivity contribution in [3.63, 3.8) is 0 Å². The summed E-state index contributed by atoms with van der Waals surface area (Å²) in [6, 6.07) is 0. The molecule has 232 valence electrons. The molecule has 48 heavy (non-hydrogen) atoms. The van der Waals surface area contributed by atoms with Gasteiger partial charge in [0.25, 0.3) is 0 Å². The third-order valence-corrected chi connectivity index (χ3v) is 8.75. The number of carbonyl (C=O) groups excluding carboxylic acids is 2. The number of aliphatic imine (C=N–C) groups is 3. The molecule has 8 bridgehead atoms. The zero-order valence-corrected chi connectivity index (χ0v) is 34.3. The standard InChI is InChI=1S/C34H34N4O7.3Na/c1-6-18-15(3)23-11-24-16(4)20(8-9-29(40)41)32(37-24)21(10-30(42)43)33-31(34(44)45)17(5)25(38-33)12-27-19(7-2)22(14-39)28(36-27)13-26(18)35-23;;;/h6,11-14,16,20,37,39H,1,7-10H2,2-5H3,(H,40,41)(H,42,43)(H,44,45);;;/q;3*+1/p-3/b22-14-,24-11?,25-12?,26-13?,32-21?;;;. The third-order valence-electron chi connectivity index (χ3n) is 8.75. The summed E-state index contributed by atoms with van der Waals surface area (Å²) in [6.45, 7) is 11.1. The minimum absolute atomic E-state index is 0. The Morgan fingerprint density at radius 3 is 2.21 bits per heavy atom. The molecule has 1 saturated heterocycles. The first kappa shape index (κ1) is 41.8. The van der Waals surface area contributed by atoms with E-state index in [1.165, 1.54) is 0 Å². The number of nitrogens with zero attached hydrogens (tertiary/aromatic N) is 3. The van der Waals surface area contributed by atoms with E-state index in [4.69, 9.17) is 9.98 Å². The maximum absolute atomic E-state index is 12.6. The molecule has 0 saturated carbocycles. The van der Waals surface area contributed by atoms with Crippen molar-refractivity contribution in [2.75, 3.05) is 0 Å². The number of fused-ring (bicyclic) bond motifs is 5. The van der Waals surface area contributed by atoms with Gasteiger partial charge in [-0.3, -0.25) is 0 Å². The number of aliphatic carboxylic acids is 3. The normalized spacial score (nSPS) is 22.0. The Hall–Kier alpha value is -2.32. The molecule has 5 heterocycles. The van der Waals surface area contributed by atoms with E-state index >= 15 is 0 Å². The van der Waals surface area contributed by atoms with Crippen LogP contribution in [-0.4, -0.2) is 40.1 Å². The maximum atomic E-state index is 12.6. The Kier molecular flexibility index (Phi) is 14.9. The fourth-order valence-electron chi connectivity index (χ4n) is 6.40. The minimum atomic E-state index is -1.46. The van der Waals surface area contributed by atoms with Crippen LogP contribution < -0.4 is 109 Å². The Balaban J connectivity index is 0.00000267. The summed E-state index contributed by atoms with van der Waals surface area (Å²) in [5.74, 6) is -4.92. The number of rotatable bonds is 8. The van der Waals surface area contributed by atoms with Crippen LogP contribution in [-0.2, 0) is 14.4 Å². The molecule has 5 aliphatic heterocycles. The summed E-state index contributed by atoms with van der Waals surface area (Å²) in [5, 5.41) is 49.6. The molecule has 0 aromatic rings. The molecule has 0 aliphatic carbocycles. The molecule has 0 spiro atoms. The molecule has 5 aliphatic rings. The summed E-state index contributed by atoms with van der Waals surface area (Å²) in [5.41, 5.74) is 5.79. The van der Waals surface area contributed by atoms with Gasteiger partial charge in [0, 0.05) is 52.7 Å². The van der Waals surface area contributed by atoms with Crippen molar-refractivity contribution in [2.45, 2.75) is 53.4 Å². The summed E-state index contributed by atoms with van der Waals surface area (Å²) in [6.07, 6.45) is 7.07. The van der Waals surface area contributed by atoms with Crippen molar-refractivity contribution in [1.82, 2.24) is 5.32 Å². The molecular weight excluding hydrogens is 645 g/mol. The number of carboxylic acid groups (broad SMARTS) is 3. The van der Waals surface area contributed by atoms with Gasteiger partial charge in [0.2, 0.25) is 0 Å². The van der Waals surface area contributed by atoms with Gasteiger partial charge in [-0.05, 0) is 73.6 Å². The zero-order valence-electron chi connectivity index (χ0n) is 28.3. The molecule has 2 N–H and O–H groups in total. The van der Waals surface area contributed by atoms with Crippen molar-refractivity contribution < 1.29 is 123 Å². The molecular formula is C34H31N4Na3O7. The van der Waals surface area contributed by atoms with Gasteiger partial charge >= 0.3 is 94.6 Å². The number of hydrogen-bond donors (Lipinski definition) is 2. The number of carbonyl (C=O) groups is 3. The predicted octanol–water partition coefficient (Wildman–Crippen LogP) is -7.38. The van der Waals surface area contributed by atoms with Gasteiger partial charge in [0.15, 0.2) is 0 Å². The van der Waals surface area contributed by atoms with Crippen LogP contribution in [0.4, 0.5) is 0 Å². The first-order chi connectivity index (χ1) is 21.4. The number of carboxylic acids is 3. The van der Waals surface area contributed by atoms with E-state index in [0.717, 1.165) is 17.4 Å². The SMILES string of the molecule is C=CC1=C(C)C2=NC1=CC1=NC(=C(CC)/C1=C/[O-])C=C1N=C(C(CC(=O)[O-])=C3NC(=C2)C(C)C3CCC(=O)[O-])C(C(=O)O)=C1C.[Na+].[Na+].[Na+]. The fraction of sp³-hybridized carbons (Fsp3) is 0.294. The quantitative estimate of drug-likeness (QED) is 0.187. The van der Waals surface area contributed by atoms with Crippen LogP contribution in [0.25, 0.3) is 0 Å². The van der Waals surface area contributed by atoms with Crippen LogP contribution in [0.1, 0.15) is 53.4 Å². The molecule has 0 amide bonds. The summed E-state index contributed by atoms with van der Waals surface area (Å²) >= 11 is 0. The first-order valence-electron chi connectivity index (χ1n) is 14.6. The predicted molar refractivity (Wildman–Crippen MR) is 162 cm³/mol. The molecule has 11 nitrogen and oxygen atoms in total. The minimum Gasteiger partial charge on any atom is -0.877 e. The third kappa shape index (κ3) is 7.85. The van der Waals surface area contributed by atoms with Crippen molar-refractivity contribution in [1.29, 1.82) is 0 Å². The number of nitrogens with one attached hydrogen (secondary N) is 1. The van der Waals surface area contributed by atoms with Gasteiger partial charge in [-0.2, -0.15) is 0 Å².